The molecule has 1 heterocycles. The third-order valence-corrected chi connectivity index (χ3v) is 3.97. The molecule has 0 aliphatic rings. The summed E-state index contributed by atoms with van der Waals surface area (Å²) in [6.07, 6.45) is 2.86. The molecule has 0 atom stereocenters. The molecule has 9 heteroatoms. The minimum Gasteiger partial charge on any atom is -0.442 e. The van der Waals surface area contributed by atoms with Crippen LogP contribution in [0.4, 0.5) is 14.5 Å². The van der Waals surface area contributed by atoms with Gasteiger partial charge in [0.1, 0.15) is 0 Å². The topological polar surface area (TPSA) is 73.2 Å². The summed E-state index contributed by atoms with van der Waals surface area (Å²) in [6, 6.07) is 6.11. The largest absolute Gasteiger partial charge is 0.442 e. The normalized spacial score (nSPS) is 11.5. The van der Waals surface area contributed by atoms with Gasteiger partial charge in [0.25, 0.3) is 11.7 Å². The van der Waals surface area contributed by atoms with Crippen LogP contribution in [0.2, 0.25) is 0 Å². The lowest BCUT2D eigenvalue weighted by atomic mass is 9.98. The number of nitrogens with zero attached hydrogens (tertiary/aromatic N) is 2. The van der Waals surface area contributed by atoms with E-state index in [1.807, 2.05) is 0 Å². The van der Waals surface area contributed by atoms with Crippen molar-refractivity contribution in [2.24, 2.45) is 5.41 Å². The predicted molar refractivity (Wildman–Crippen MR) is 94.0 cm³/mol. The Balaban J connectivity index is 2.01. The quantitative estimate of drug-likeness (QED) is 0.603. The minimum atomic E-state index is -2.62. The van der Waals surface area contributed by atoms with Crippen LogP contribution >= 0.6 is 11.8 Å². The Kier molecular flexibility index (Phi) is 6.36. The van der Waals surface area contributed by atoms with Crippen LogP contribution in [0.1, 0.15) is 31.1 Å². The fourth-order valence-electron chi connectivity index (χ4n) is 1.89. The summed E-state index contributed by atoms with van der Waals surface area (Å²) in [5, 5.41) is 6.58. The molecular formula is C17H19F2N3O3S. The zero-order valence-electron chi connectivity index (χ0n) is 14.5. The number of anilines is 1. The molecule has 2 rings (SSSR count). The molecule has 1 aromatic heterocycles. The van der Waals surface area contributed by atoms with Gasteiger partial charge in [-0.05, 0) is 32.9 Å². The van der Waals surface area contributed by atoms with Gasteiger partial charge in [-0.3, -0.25) is 9.59 Å². The summed E-state index contributed by atoms with van der Waals surface area (Å²) < 4.78 is 31.7. The maximum Gasteiger partial charge on any atom is 0.313 e. The fraction of sp³-hybridized carbons (Fsp3) is 0.353. The highest BCUT2D eigenvalue weighted by Crippen LogP contribution is 2.28. The molecule has 140 valence electrons. The second kappa shape index (κ2) is 8.31. The van der Waals surface area contributed by atoms with E-state index in [4.69, 9.17) is 4.74 Å². The number of rotatable bonds is 6. The molecule has 1 amide bonds. The van der Waals surface area contributed by atoms with Gasteiger partial charge >= 0.3 is 5.97 Å². The van der Waals surface area contributed by atoms with E-state index in [2.05, 4.69) is 10.4 Å². The molecule has 0 saturated carbocycles. The first-order valence-corrected chi connectivity index (χ1v) is 8.59. The second-order valence-electron chi connectivity index (χ2n) is 6.41. The number of alkyl halides is 2. The molecule has 0 fully saturated rings. The van der Waals surface area contributed by atoms with E-state index in [0.717, 1.165) is 0 Å². The summed E-state index contributed by atoms with van der Waals surface area (Å²) in [7, 11) is 0. The number of nitrogens with one attached hydrogen (secondary N) is 1. The number of esters is 1. The third-order valence-electron chi connectivity index (χ3n) is 3.18. The van der Waals surface area contributed by atoms with Gasteiger partial charge in [-0.25, -0.2) is 4.68 Å². The van der Waals surface area contributed by atoms with E-state index in [9.17, 15) is 18.4 Å². The zero-order valence-corrected chi connectivity index (χ0v) is 15.3. The minimum absolute atomic E-state index is 0.0935. The standard InChI is InChI=1S/C17H19F2N3O3S/c1-17(2,3)15(24)25-10-22-9-11(8-20-22)21-14(23)12-6-4-5-7-13(12)26-16(18)19/h4-9,16H,10H2,1-3H3,(H,21,23). The Morgan fingerprint density at radius 2 is 2.00 bits per heavy atom. The molecule has 1 N–H and O–H groups in total. The summed E-state index contributed by atoms with van der Waals surface area (Å²) >= 11 is 0.310. The van der Waals surface area contributed by atoms with Crippen LogP contribution in [0.5, 0.6) is 0 Å². The Labute approximate surface area is 153 Å². The summed E-state index contributed by atoms with van der Waals surface area (Å²) in [6.45, 7) is 5.11. The Morgan fingerprint density at radius 1 is 1.31 bits per heavy atom. The molecular weight excluding hydrogens is 364 g/mol. The SMILES string of the molecule is CC(C)(C)C(=O)OCn1cc(NC(=O)c2ccccc2SC(F)F)cn1. The average Bonchev–Trinajstić information content (AvgIpc) is 2.99. The van der Waals surface area contributed by atoms with Gasteiger partial charge in [0, 0.05) is 4.90 Å². The van der Waals surface area contributed by atoms with Crippen LogP contribution in [0, 0.1) is 5.41 Å². The van der Waals surface area contributed by atoms with E-state index < -0.39 is 17.1 Å². The Morgan fingerprint density at radius 3 is 2.65 bits per heavy atom. The van der Waals surface area contributed by atoms with Crippen LogP contribution in [0.3, 0.4) is 0 Å². The molecule has 0 aliphatic carbocycles. The van der Waals surface area contributed by atoms with Crippen LogP contribution in [-0.4, -0.2) is 27.4 Å². The van der Waals surface area contributed by atoms with Crippen molar-refractivity contribution in [2.45, 2.75) is 38.2 Å². The number of ether oxygens (including phenoxy) is 1. The van der Waals surface area contributed by atoms with E-state index in [1.165, 1.54) is 29.2 Å². The summed E-state index contributed by atoms with van der Waals surface area (Å²) in [4.78, 5) is 24.3. The van der Waals surface area contributed by atoms with Crippen molar-refractivity contribution < 1.29 is 23.1 Å². The van der Waals surface area contributed by atoms with E-state index in [1.54, 1.807) is 32.9 Å². The Bertz CT molecular complexity index is 788. The summed E-state index contributed by atoms with van der Waals surface area (Å²) in [5.74, 6) is -3.53. The number of halogens is 2. The van der Waals surface area contributed by atoms with Crippen molar-refractivity contribution in [1.82, 2.24) is 9.78 Å². The molecule has 1 aromatic carbocycles. The molecule has 0 bridgehead atoms. The molecule has 0 unspecified atom stereocenters. The molecule has 26 heavy (non-hydrogen) atoms. The zero-order chi connectivity index (χ0) is 19.3. The lowest BCUT2D eigenvalue weighted by Crippen LogP contribution is -2.24. The maximum absolute atomic E-state index is 12.6. The number of aromatic nitrogens is 2. The highest BCUT2D eigenvalue weighted by Gasteiger charge is 2.23. The van der Waals surface area contributed by atoms with Crippen molar-refractivity contribution in [3.63, 3.8) is 0 Å². The predicted octanol–water partition coefficient (Wildman–Crippen LogP) is 4.00. The van der Waals surface area contributed by atoms with Crippen molar-refractivity contribution in [3.8, 4) is 0 Å². The molecule has 2 aromatic rings. The van der Waals surface area contributed by atoms with Crippen molar-refractivity contribution in [1.29, 1.82) is 0 Å². The third kappa shape index (κ3) is 5.55. The van der Waals surface area contributed by atoms with E-state index in [0.29, 0.717) is 17.4 Å². The monoisotopic (exact) mass is 383 g/mol. The van der Waals surface area contributed by atoms with Gasteiger partial charge in [0.05, 0.1) is 29.1 Å². The smallest absolute Gasteiger partial charge is 0.313 e. The highest BCUT2D eigenvalue weighted by atomic mass is 32.2. The van der Waals surface area contributed by atoms with Crippen LogP contribution in [-0.2, 0) is 16.3 Å². The first-order valence-electron chi connectivity index (χ1n) is 7.71. The molecule has 0 spiro atoms. The highest BCUT2D eigenvalue weighted by molar-refractivity contribution is 7.99. The van der Waals surface area contributed by atoms with Crippen LogP contribution < -0.4 is 5.32 Å². The van der Waals surface area contributed by atoms with Gasteiger partial charge in [-0.15, -0.1) is 0 Å². The fourth-order valence-corrected chi connectivity index (χ4v) is 2.53. The molecule has 0 radical (unpaired) electrons. The molecule has 6 nitrogen and oxygen atoms in total. The van der Waals surface area contributed by atoms with Crippen molar-refractivity contribution in [3.05, 3.63) is 42.2 Å². The second-order valence-corrected chi connectivity index (χ2v) is 7.44. The Hall–Kier alpha value is -2.42. The lowest BCUT2D eigenvalue weighted by molar-refractivity contribution is -0.157. The molecule has 0 aliphatic heterocycles. The number of amides is 1. The number of carbonyl (C=O) groups excluding carboxylic acids is 2. The van der Waals surface area contributed by atoms with Crippen molar-refractivity contribution in [2.75, 3.05) is 5.32 Å². The van der Waals surface area contributed by atoms with Crippen LogP contribution in [0.15, 0.2) is 41.6 Å². The maximum atomic E-state index is 12.6. The number of hydrogen-bond donors (Lipinski definition) is 1. The van der Waals surface area contributed by atoms with Crippen LogP contribution in [0.25, 0.3) is 0 Å². The van der Waals surface area contributed by atoms with E-state index in [-0.39, 0.29) is 23.2 Å². The van der Waals surface area contributed by atoms with Gasteiger partial charge in [-0.2, -0.15) is 13.9 Å². The van der Waals surface area contributed by atoms with Gasteiger partial charge in [0.2, 0.25) is 0 Å². The van der Waals surface area contributed by atoms with Gasteiger partial charge in [-0.1, -0.05) is 23.9 Å². The summed E-state index contributed by atoms with van der Waals surface area (Å²) in [5.41, 5.74) is -0.126. The van der Waals surface area contributed by atoms with Gasteiger partial charge in [0.15, 0.2) is 6.73 Å². The number of thioether (sulfide) groups is 1. The van der Waals surface area contributed by atoms with Crippen molar-refractivity contribution >= 4 is 29.3 Å². The first kappa shape index (κ1) is 19.9. The number of hydrogen-bond acceptors (Lipinski definition) is 5. The van der Waals surface area contributed by atoms with Gasteiger partial charge < -0.3 is 10.1 Å². The molecule has 0 saturated heterocycles. The first-order chi connectivity index (χ1) is 12.2. The lowest BCUT2D eigenvalue weighted by Gasteiger charge is -2.16. The van der Waals surface area contributed by atoms with E-state index >= 15 is 0 Å². The number of carbonyl (C=O) groups is 2. The average molecular weight is 383 g/mol. The number of benzene rings is 1.